The lowest BCUT2D eigenvalue weighted by Gasteiger charge is -2.09. The SMILES string of the molecule is CC(=O)C(C)S(=O)(=O)c1ccccc1[N+](=O)[O-]. The van der Waals surface area contributed by atoms with E-state index in [0.717, 1.165) is 19.1 Å². The summed E-state index contributed by atoms with van der Waals surface area (Å²) in [5, 5.41) is 9.43. The molecule has 7 heteroatoms. The first kappa shape index (κ1) is 13.3. The average Bonchev–Trinajstić information content (AvgIpc) is 2.27. The van der Waals surface area contributed by atoms with Crippen LogP contribution in [-0.2, 0) is 14.6 Å². The molecule has 0 N–H and O–H groups in total. The van der Waals surface area contributed by atoms with E-state index in [-0.39, 0.29) is 0 Å². The van der Waals surface area contributed by atoms with Crippen LogP contribution in [0.4, 0.5) is 5.69 Å². The van der Waals surface area contributed by atoms with Crippen molar-refractivity contribution in [1.82, 2.24) is 0 Å². The number of nitro benzene ring substituents is 1. The number of benzene rings is 1. The fourth-order valence-electron chi connectivity index (χ4n) is 1.26. The van der Waals surface area contributed by atoms with Gasteiger partial charge in [0.25, 0.3) is 5.69 Å². The van der Waals surface area contributed by atoms with Gasteiger partial charge in [0.05, 0.1) is 4.92 Å². The van der Waals surface area contributed by atoms with Crippen LogP contribution in [0.2, 0.25) is 0 Å². The molecule has 0 aliphatic heterocycles. The number of rotatable bonds is 4. The number of hydrogen-bond donors (Lipinski definition) is 0. The number of Topliss-reactive ketones (excluding diaryl/α,β-unsaturated/α-hetero) is 1. The molecule has 0 aromatic heterocycles. The summed E-state index contributed by atoms with van der Waals surface area (Å²) in [6, 6.07) is 4.98. The molecule has 17 heavy (non-hydrogen) atoms. The first-order valence-electron chi connectivity index (χ1n) is 4.76. The first-order valence-corrected chi connectivity index (χ1v) is 6.31. The molecular formula is C10H11NO5S. The minimum absolute atomic E-state index is 0.423. The standard InChI is InChI=1S/C10H11NO5S/c1-7(12)8(2)17(15,16)10-6-4-3-5-9(10)11(13)14/h3-6,8H,1-2H3. The van der Waals surface area contributed by atoms with Crippen molar-refractivity contribution in [3.8, 4) is 0 Å². The van der Waals surface area contributed by atoms with Crippen molar-refractivity contribution in [2.75, 3.05) is 0 Å². The highest BCUT2D eigenvalue weighted by atomic mass is 32.2. The highest BCUT2D eigenvalue weighted by Gasteiger charge is 2.32. The van der Waals surface area contributed by atoms with E-state index in [4.69, 9.17) is 0 Å². The van der Waals surface area contributed by atoms with Crippen molar-refractivity contribution < 1.29 is 18.1 Å². The number of sulfone groups is 1. The molecule has 0 saturated heterocycles. The molecule has 0 spiro atoms. The van der Waals surface area contributed by atoms with Crippen LogP contribution in [0.5, 0.6) is 0 Å². The predicted octanol–water partition coefficient (Wildman–Crippen LogP) is 1.35. The molecule has 0 fully saturated rings. The molecule has 6 nitrogen and oxygen atoms in total. The number of para-hydroxylation sites is 1. The second-order valence-electron chi connectivity index (χ2n) is 3.52. The zero-order chi connectivity index (χ0) is 13.2. The topological polar surface area (TPSA) is 94.3 Å². The summed E-state index contributed by atoms with van der Waals surface area (Å²) in [4.78, 5) is 20.6. The van der Waals surface area contributed by atoms with Gasteiger partial charge in [-0.05, 0) is 19.9 Å². The lowest BCUT2D eigenvalue weighted by atomic mass is 10.3. The molecule has 0 heterocycles. The van der Waals surface area contributed by atoms with Gasteiger partial charge in [0.2, 0.25) is 0 Å². The van der Waals surface area contributed by atoms with Crippen LogP contribution in [0.1, 0.15) is 13.8 Å². The Labute approximate surface area is 98.3 Å². The van der Waals surface area contributed by atoms with Crippen LogP contribution in [0.15, 0.2) is 29.2 Å². The van der Waals surface area contributed by atoms with E-state index >= 15 is 0 Å². The van der Waals surface area contributed by atoms with Crippen molar-refractivity contribution in [2.24, 2.45) is 0 Å². The summed E-state index contributed by atoms with van der Waals surface area (Å²) >= 11 is 0. The molecule has 0 aliphatic rings. The van der Waals surface area contributed by atoms with Crippen molar-refractivity contribution in [3.63, 3.8) is 0 Å². The molecule has 0 amide bonds. The number of carbonyl (C=O) groups excluding carboxylic acids is 1. The van der Waals surface area contributed by atoms with Gasteiger partial charge in [0, 0.05) is 6.07 Å². The van der Waals surface area contributed by atoms with Crippen molar-refractivity contribution in [1.29, 1.82) is 0 Å². The largest absolute Gasteiger partial charge is 0.299 e. The molecule has 1 unspecified atom stereocenters. The average molecular weight is 257 g/mol. The van der Waals surface area contributed by atoms with Crippen LogP contribution in [0.25, 0.3) is 0 Å². The van der Waals surface area contributed by atoms with Gasteiger partial charge in [-0.3, -0.25) is 14.9 Å². The van der Waals surface area contributed by atoms with E-state index < -0.39 is 36.4 Å². The highest BCUT2D eigenvalue weighted by molar-refractivity contribution is 7.93. The van der Waals surface area contributed by atoms with Gasteiger partial charge in [-0.25, -0.2) is 8.42 Å². The summed E-state index contributed by atoms with van der Waals surface area (Å²) in [6.45, 7) is 2.35. The Morgan fingerprint density at radius 1 is 1.35 bits per heavy atom. The third kappa shape index (κ3) is 2.50. The molecule has 1 atom stereocenters. The lowest BCUT2D eigenvalue weighted by molar-refractivity contribution is -0.387. The van der Waals surface area contributed by atoms with Gasteiger partial charge in [-0.1, -0.05) is 12.1 Å². The molecule has 1 rings (SSSR count). The fourth-order valence-corrected chi connectivity index (χ4v) is 2.78. The van der Waals surface area contributed by atoms with Gasteiger partial charge < -0.3 is 0 Å². The fraction of sp³-hybridized carbons (Fsp3) is 0.300. The van der Waals surface area contributed by atoms with Crippen LogP contribution in [0, 0.1) is 10.1 Å². The molecule has 0 saturated carbocycles. The summed E-state index contributed by atoms with van der Waals surface area (Å²) in [6.07, 6.45) is 0. The summed E-state index contributed by atoms with van der Waals surface area (Å²) in [5.41, 5.74) is -0.513. The molecular weight excluding hydrogens is 246 g/mol. The number of nitro groups is 1. The van der Waals surface area contributed by atoms with Crippen LogP contribution < -0.4 is 0 Å². The number of hydrogen-bond acceptors (Lipinski definition) is 5. The summed E-state index contributed by atoms with van der Waals surface area (Å²) in [5.74, 6) is -0.553. The normalized spacial score (nSPS) is 13.1. The lowest BCUT2D eigenvalue weighted by Crippen LogP contribution is -2.25. The van der Waals surface area contributed by atoms with E-state index in [1.165, 1.54) is 19.1 Å². The Morgan fingerprint density at radius 2 is 1.88 bits per heavy atom. The summed E-state index contributed by atoms with van der Waals surface area (Å²) in [7, 11) is -4.01. The van der Waals surface area contributed by atoms with E-state index in [9.17, 15) is 23.3 Å². The molecule has 1 aromatic carbocycles. The maximum atomic E-state index is 12.0. The van der Waals surface area contributed by atoms with Gasteiger partial charge in [0.15, 0.2) is 9.84 Å². The van der Waals surface area contributed by atoms with Crippen LogP contribution >= 0.6 is 0 Å². The van der Waals surface area contributed by atoms with E-state index in [2.05, 4.69) is 0 Å². The molecule has 0 radical (unpaired) electrons. The Morgan fingerprint density at radius 3 is 2.35 bits per heavy atom. The van der Waals surface area contributed by atoms with Gasteiger partial charge in [-0.2, -0.15) is 0 Å². The maximum absolute atomic E-state index is 12.0. The smallest absolute Gasteiger partial charge is 0.287 e. The molecule has 1 aromatic rings. The number of ketones is 1. The van der Waals surface area contributed by atoms with Crippen molar-refractivity contribution >= 4 is 21.3 Å². The highest BCUT2D eigenvalue weighted by Crippen LogP contribution is 2.26. The van der Waals surface area contributed by atoms with E-state index in [1.807, 2.05) is 0 Å². The second kappa shape index (κ2) is 4.62. The minimum Gasteiger partial charge on any atom is -0.299 e. The molecule has 92 valence electrons. The first-order chi connectivity index (χ1) is 7.78. The minimum atomic E-state index is -4.01. The van der Waals surface area contributed by atoms with Gasteiger partial charge in [0.1, 0.15) is 15.9 Å². The number of nitrogens with zero attached hydrogens (tertiary/aromatic N) is 1. The summed E-state index contributed by atoms with van der Waals surface area (Å²) < 4.78 is 23.9. The maximum Gasteiger partial charge on any atom is 0.287 e. The third-order valence-electron chi connectivity index (χ3n) is 2.41. The molecule has 0 aliphatic carbocycles. The Kier molecular flexibility index (Phi) is 3.62. The zero-order valence-corrected chi connectivity index (χ0v) is 10.1. The Bertz CT molecular complexity index is 564. The van der Waals surface area contributed by atoms with Gasteiger partial charge >= 0.3 is 0 Å². The second-order valence-corrected chi connectivity index (χ2v) is 5.76. The predicted molar refractivity (Wildman–Crippen MR) is 60.4 cm³/mol. The van der Waals surface area contributed by atoms with Crippen molar-refractivity contribution in [3.05, 3.63) is 34.4 Å². The molecule has 0 bridgehead atoms. The van der Waals surface area contributed by atoms with Gasteiger partial charge in [-0.15, -0.1) is 0 Å². The van der Waals surface area contributed by atoms with Crippen molar-refractivity contribution in [2.45, 2.75) is 24.0 Å². The Hall–Kier alpha value is -1.76. The van der Waals surface area contributed by atoms with E-state index in [0.29, 0.717) is 0 Å². The quantitative estimate of drug-likeness (QED) is 0.599. The zero-order valence-electron chi connectivity index (χ0n) is 9.28. The number of carbonyl (C=O) groups is 1. The third-order valence-corrected chi connectivity index (χ3v) is 4.63. The van der Waals surface area contributed by atoms with E-state index in [1.54, 1.807) is 0 Å². The Balaban J connectivity index is 3.44. The van der Waals surface area contributed by atoms with Crippen LogP contribution in [0.3, 0.4) is 0 Å². The van der Waals surface area contributed by atoms with Crippen LogP contribution in [-0.4, -0.2) is 24.4 Å². The monoisotopic (exact) mass is 257 g/mol.